The summed E-state index contributed by atoms with van der Waals surface area (Å²) in [7, 11) is 0. The van der Waals surface area contributed by atoms with Crippen LogP contribution in [-0.4, -0.2) is 32.5 Å². The Bertz CT molecular complexity index is 438. The summed E-state index contributed by atoms with van der Waals surface area (Å²) in [5, 5.41) is 12.0. The Labute approximate surface area is 117 Å². The quantitative estimate of drug-likeness (QED) is 0.840. The van der Waals surface area contributed by atoms with Gasteiger partial charge in [-0.3, -0.25) is 4.79 Å². The Morgan fingerprint density at radius 1 is 1.32 bits per heavy atom. The van der Waals surface area contributed by atoms with Crippen molar-refractivity contribution in [1.82, 2.24) is 20.1 Å². The average Bonchev–Trinajstić information content (AvgIpc) is 3.16. The number of thioether (sulfide) groups is 1. The molecule has 5 nitrogen and oxygen atoms in total. The van der Waals surface area contributed by atoms with Crippen molar-refractivity contribution in [2.45, 2.75) is 62.2 Å². The highest BCUT2D eigenvalue weighted by molar-refractivity contribution is 7.99. The molecule has 6 heteroatoms. The van der Waals surface area contributed by atoms with Crippen LogP contribution in [0.1, 0.15) is 51.0 Å². The molecular formula is C13H20N4OS. The number of hydrogen-bond acceptors (Lipinski definition) is 4. The van der Waals surface area contributed by atoms with Crippen molar-refractivity contribution in [2.75, 3.05) is 5.75 Å². The molecule has 0 radical (unpaired) electrons. The predicted octanol–water partition coefficient (Wildman–Crippen LogP) is 2.15. The van der Waals surface area contributed by atoms with E-state index in [-0.39, 0.29) is 5.91 Å². The van der Waals surface area contributed by atoms with Gasteiger partial charge in [0, 0.05) is 12.1 Å². The van der Waals surface area contributed by atoms with Crippen LogP contribution in [-0.2, 0) is 4.79 Å². The van der Waals surface area contributed by atoms with Crippen LogP contribution >= 0.6 is 11.8 Å². The Hall–Kier alpha value is -1.04. The normalized spacial score (nSPS) is 20.4. The van der Waals surface area contributed by atoms with E-state index in [1.165, 1.54) is 43.9 Å². The molecule has 2 aliphatic rings. The van der Waals surface area contributed by atoms with Crippen LogP contribution in [0.15, 0.2) is 11.5 Å². The van der Waals surface area contributed by atoms with Gasteiger partial charge in [0.05, 0.1) is 5.75 Å². The molecule has 104 valence electrons. The van der Waals surface area contributed by atoms with E-state index in [1.54, 1.807) is 6.33 Å². The summed E-state index contributed by atoms with van der Waals surface area (Å²) in [5.41, 5.74) is 0. The van der Waals surface area contributed by atoms with Crippen molar-refractivity contribution < 1.29 is 4.79 Å². The molecule has 2 aliphatic carbocycles. The molecule has 0 saturated heterocycles. The Morgan fingerprint density at radius 2 is 2.11 bits per heavy atom. The zero-order valence-corrected chi connectivity index (χ0v) is 11.9. The van der Waals surface area contributed by atoms with Crippen molar-refractivity contribution in [2.24, 2.45) is 0 Å². The third kappa shape index (κ3) is 3.49. The molecule has 2 saturated carbocycles. The largest absolute Gasteiger partial charge is 0.353 e. The minimum Gasteiger partial charge on any atom is -0.353 e. The maximum atomic E-state index is 11.9. The summed E-state index contributed by atoms with van der Waals surface area (Å²) >= 11 is 1.50. The second-order valence-electron chi connectivity index (χ2n) is 5.44. The minimum atomic E-state index is 0.127. The lowest BCUT2D eigenvalue weighted by Crippen LogP contribution is -2.37. The first-order valence-corrected chi connectivity index (χ1v) is 8.13. The van der Waals surface area contributed by atoms with Crippen molar-refractivity contribution >= 4 is 17.7 Å². The van der Waals surface area contributed by atoms with Crippen molar-refractivity contribution in [3.63, 3.8) is 0 Å². The van der Waals surface area contributed by atoms with Crippen LogP contribution in [0, 0.1) is 0 Å². The highest BCUT2D eigenvalue weighted by Gasteiger charge is 2.26. The monoisotopic (exact) mass is 280 g/mol. The van der Waals surface area contributed by atoms with E-state index >= 15 is 0 Å². The van der Waals surface area contributed by atoms with E-state index in [9.17, 15) is 4.79 Å². The van der Waals surface area contributed by atoms with E-state index in [0.717, 1.165) is 18.0 Å². The maximum absolute atomic E-state index is 11.9. The molecule has 1 aromatic heterocycles. The van der Waals surface area contributed by atoms with E-state index < -0.39 is 0 Å². The summed E-state index contributed by atoms with van der Waals surface area (Å²) in [4.78, 5) is 11.9. The van der Waals surface area contributed by atoms with Crippen molar-refractivity contribution in [3.05, 3.63) is 6.33 Å². The summed E-state index contributed by atoms with van der Waals surface area (Å²) in [6, 6.07) is 0.960. The highest BCUT2D eigenvalue weighted by atomic mass is 32.2. The van der Waals surface area contributed by atoms with Gasteiger partial charge < -0.3 is 9.88 Å². The number of carbonyl (C=O) groups is 1. The van der Waals surface area contributed by atoms with Crippen LogP contribution in [0.5, 0.6) is 0 Å². The van der Waals surface area contributed by atoms with Crippen molar-refractivity contribution in [1.29, 1.82) is 0 Å². The van der Waals surface area contributed by atoms with Crippen LogP contribution in [0.2, 0.25) is 0 Å². The zero-order valence-electron chi connectivity index (χ0n) is 11.0. The van der Waals surface area contributed by atoms with Crippen molar-refractivity contribution in [3.8, 4) is 0 Å². The summed E-state index contributed by atoms with van der Waals surface area (Å²) in [6.45, 7) is 0. The minimum absolute atomic E-state index is 0.127. The number of rotatable bonds is 5. The molecule has 0 aromatic carbocycles. The Morgan fingerprint density at radius 3 is 2.84 bits per heavy atom. The first-order valence-electron chi connectivity index (χ1n) is 7.14. The van der Waals surface area contributed by atoms with Crippen LogP contribution < -0.4 is 5.32 Å². The van der Waals surface area contributed by atoms with Crippen LogP contribution in [0.25, 0.3) is 0 Å². The van der Waals surface area contributed by atoms with Gasteiger partial charge in [0.25, 0.3) is 0 Å². The summed E-state index contributed by atoms with van der Waals surface area (Å²) in [6.07, 6.45) is 10.3. The lowest BCUT2D eigenvalue weighted by atomic mass is 9.95. The lowest BCUT2D eigenvalue weighted by Gasteiger charge is -2.22. The topological polar surface area (TPSA) is 59.8 Å². The van der Waals surface area contributed by atoms with Gasteiger partial charge >= 0.3 is 0 Å². The van der Waals surface area contributed by atoms with E-state index in [4.69, 9.17) is 0 Å². The molecule has 1 N–H and O–H groups in total. The van der Waals surface area contributed by atoms with Gasteiger partial charge in [0.15, 0.2) is 5.16 Å². The standard InChI is InChI=1S/C13H20N4OS/c18-12(15-10-4-2-1-3-5-10)8-19-13-16-14-9-17(13)11-6-7-11/h9-11H,1-8H2,(H,15,18). The molecule has 2 fully saturated rings. The predicted molar refractivity (Wildman–Crippen MR) is 74.0 cm³/mol. The first-order chi connectivity index (χ1) is 9.33. The first kappa shape index (κ1) is 13.0. The fourth-order valence-electron chi connectivity index (χ4n) is 2.58. The molecule has 3 rings (SSSR count). The number of aromatic nitrogens is 3. The number of amides is 1. The second-order valence-corrected chi connectivity index (χ2v) is 6.39. The summed E-state index contributed by atoms with van der Waals surface area (Å²) < 4.78 is 2.10. The third-order valence-electron chi connectivity index (χ3n) is 3.78. The maximum Gasteiger partial charge on any atom is 0.230 e. The Balaban J connectivity index is 1.45. The summed E-state index contributed by atoms with van der Waals surface area (Å²) in [5.74, 6) is 0.573. The molecule has 0 unspecified atom stereocenters. The van der Waals surface area contributed by atoms with E-state index in [2.05, 4.69) is 20.1 Å². The molecule has 0 spiro atoms. The van der Waals surface area contributed by atoms with E-state index in [1.807, 2.05) is 0 Å². The number of nitrogens with one attached hydrogen (secondary N) is 1. The van der Waals surface area contributed by atoms with Crippen LogP contribution in [0.3, 0.4) is 0 Å². The smallest absolute Gasteiger partial charge is 0.230 e. The third-order valence-corrected chi connectivity index (χ3v) is 4.74. The van der Waals surface area contributed by atoms with Crippen LogP contribution in [0.4, 0.5) is 0 Å². The number of nitrogens with zero attached hydrogens (tertiary/aromatic N) is 3. The van der Waals surface area contributed by atoms with Gasteiger partial charge in [-0.25, -0.2) is 0 Å². The number of hydrogen-bond donors (Lipinski definition) is 1. The molecule has 1 amide bonds. The number of carbonyl (C=O) groups excluding carboxylic acids is 1. The zero-order chi connectivity index (χ0) is 13.1. The SMILES string of the molecule is O=C(CSc1nncn1C1CC1)NC1CCCCC1. The molecule has 1 aromatic rings. The molecular weight excluding hydrogens is 260 g/mol. The van der Waals surface area contributed by atoms with Gasteiger partial charge in [-0.15, -0.1) is 10.2 Å². The molecule has 0 aliphatic heterocycles. The Kier molecular flexibility index (Phi) is 4.06. The van der Waals surface area contributed by atoms with Gasteiger partial charge in [-0.1, -0.05) is 31.0 Å². The molecule has 1 heterocycles. The molecule has 0 bridgehead atoms. The fourth-order valence-corrected chi connectivity index (χ4v) is 3.38. The average molecular weight is 280 g/mol. The van der Waals surface area contributed by atoms with E-state index in [0.29, 0.717) is 17.8 Å². The van der Waals surface area contributed by atoms with Gasteiger partial charge in [-0.05, 0) is 25.7 Å². The van der Waals surface area contributed by atoms with Gasteiger partial charge in [0.1, 0.15) is 6.33 Å². The second kappa shape index (κ2) is 5.94. The van der Waals surface area contributed by atoms with Gasteiger partial charge in [-0.2, -0.15) is 0 Å². The fraction of sp³-hybridized carbons (Fsp3) is 0.769. The molecule has 19 heavy (non-hydrogen) atoms. The van der Waals surface area contributed by atoms with Gasteiger partial charge in [0.2, 0.25) is 5.91 Å². The molecule has 0 atom stereocenters. The lowest BCUT2D eigenvalue weighted by molar-refractivity contribution is -0.119. The highest BCUT2D eigenvalue weighted by Crippen LogP contribution is 2.37.